The van der Waals surface area contributed by atoms with Gasteiger partial charge in [-0.2, -0.15) is 0 Å². The van der Waals surface area contributed by atoms with Crippen molar-refractivity contribution in [1.82, 2.24) is 19.1 Å². The van der Waals surface area contributed by atoms with E-state index in [2.05, 4.69) is 25.1 Å². The number of aromatic amines is 2. The summed E-state index contributed by atoms with van der Waals surface area (Å²) in [6.45, 7) is 2.72. The zero-order valence-electron chi connectivity index (χ0n) is 43.7. The molecule has 3 N–H and O–H groups in total. The van der Waals surface area contributed by atoms with Crippen LogP contribution in [-0.2, 0) is 39.2 Å². The Bertz CT molecular complexity index is 3580. The van der Waals surface area contributed by atoms with Gasteiger partial charge in [0.05, 0.1) is 14.2 Å². The number of ether oxygens (including phenoxy) is 6. The first kappa shape index (κ1) is 55.3. The molecule has 2 fully saturated rings. The van der Waals surface area contributed by atoms with Crippen molar-refractivity contribution in [1.29, 1.82) is 0 Å². The molecule has 0 saturated carbocycles. The third kappa shape index (κ3) is 11.5. The quantitative estimate of drug-likeness (QED) is 0.0378. The van der Waals surface area contributed by atoms with Gasteiger partial charge in [0.2, 0.25) is 0 Å². The van der Waals surface area contributed by atoms with Crippen LogP contribution >= 0.6 is 6.19 Å². The van der Waals surface area contributed by atoms with Gasteiger partial charge in [-0.25, -0.2) is 0 Å². The predicted molar refractivity (Wildman–Crippen MR) is 297 cm³/mol. The maximum absolute atomic E-state index is 13.5. The molecule has 408 valence electrons. The van der Waals surface area contributed by atoms with Gasteiger partial charge in [0.1, 0.15) is 0 Å². The predicted octanol–water partition coefficient (Wildman–Crippen LogP) is 7.92. The minimum atomic E-state index is -4.04. The van der Waals surface area contributed by atoms with Crippen LogP contribution in [0.4, 0.5) is 0 Å². The number of aromatic nitrogens is 4. The molecule has 2 saturated heterocycles. The van der Waals surface area contributed by atoms with Crippen molar-refractivity contribution in [3.05, 3.63) is 268 Å². The minimum absolute atomic E-state index is 0.0136. The zero-order valence-corrected chi connectivity index (χ0v) is 46.3. The zero-order chi connectivity index (χ0) is 55.3. The summed E-state index contributed by atoms with van der Waals surface area (Å²) in [5.41, 5.74) is 0.362. The molecule has 4 heterocycles. The molecule has 0 bridgehead atoms. The first-order valence-electron chi connectivity index (χ1n) is 25.6. The van der Waals surface area contributed by atoms with Crippen molar-refractivity contribution >= 4 is 21.3 Å². The Kier molecular flexibility index (Phi) is 16.6. The Balaban J connectivity index is 1.00. The Morgan fingerprint density at radius 2 is 0.911 bits per heavy atom. The van der Waals surface area contributed by atoms with Gasteiger partial charge in [0, 0.05) is 0 Å². The van der Waals surface area contributed by atoms with Crippen LogP contribution in [0.1, 0.15) is 69.8 Å². The van der Waals surface area contributed by atoms with Crippen molar-refractivity contribution in [3.8, 4) is 11.5 Å². The van der Waals surface area contributed by atoms with Crippen molar-refractivity contribution in [3.63, 3.8) is 0 Å². The third-order valence-corrected chi connectivity index (χ3v) is 16.7. The number of H-pyrrole nitrogens is 2. The second-order valence-corrected chi connectivity index (χ2v) is 23.7. The van der Waals surface area contributed by atoms with Gasteiger partial charge in [-0.3, -0.25) is 0 Å². The molecule has 2 aliphatic heterocycles. The summed E-state index contributed by atoms with van der Waals surface area (Å²) in [7, 11) is 3.20. The molecule has 0 amide bonds. The normalized spacial score (nSPS) is 20.2. The SMILES string of the molecule is COc1ccc(C(OC[C@H]2O[C@@H](n3cc(C)c(=O)[nH]c3=O)C[C@@H]2O[P@](O)(=[Se])OC[C@H]2O[C@@H](n3cc(C)c(=O)[nH]c3=O)C[C@@H]2OC(c2ccccc2)(c2ccccc2)c2ccc(OC)cc2)(c2ccccc2)c2ccccc2)cc1. The third-order valence-electron chi connectivity index (χ3n) is 14.5. The standard InChI is InChI=1S/C60H59N4O13PSe/c1-39-35-63(57(67)61-55(39)65)53-33-49(76-60(43-21-13-7-14-22-43,44-23-15-8-16-24-44)46-27-31-48(71-4)32-28-46)52(75-53)38-73-78(69,79)77-50-34-54(64-36-40(2)56(66)62-58(64)68)74-51(50)37-72-59(41-17-9-5-10-18-41,42-19-11-6-12-20-42)45-25-29-47(70-3)30-26-45/h5-32,35-36,49-54H,33-34,37-38H2,1-4H3,(H,69,79)(H,61,65,67)(H,62,66,68)/t49-,50-,51+,52+,53+,54+,78+/m0/s1. The molecule has 2 aromatic heterocycles. The fourth-order valence-corrected chi connectivity index (χ4v) is 12.5. The van der Waals surface area contributed by atoms with Crippen LogP contribution in [0.25, 0.3) is 0 Å². The molecule has 10 rings (SSSR count). The van der Waals surface area contributed by atoms with E-state index in [4.69, 9.17) is 37.5 Å². The molecule has 8 aromatic rings. The summed E-state index contributed by atoms with van der Waals surface area (Å²) in [6.07, 6.45) is -6.77. The summed E-state index contributed by atoms with van der Waals surface area (Å²) >= 11 is 2.78. The van der Waals surface area contributed by atoms with Crippen LogP contribution in [0.15, 0.2) is 201 Å². The van der Waals surface area contributed by atoms with E-state index in [-0.39, 0.29) is 31.6 Å². The number of aryl methyl sites for hydroxylation is 2. The molecule has 0 radical (unpaired) electrons. The number of methoxy groups -OCH3 is 2. The second kappa shape index (κ2) is 23.7. The topological polar surface area (TPSA) is 204 Å². The summed E-state index contributed by atoms with van der Waals surface area (Å²) in [4.78, 5) is 69.4. The van der Waals surface area contributed by atoms with E-state index in [0.717, 1.165) is 33.4 Å². The molecule has 2 aliphatic rings. The van der Waals surface area contributed by atoms with Gasteiger partial charge < -0.3 is 0 Å². The molecule has 7 atom stereocenters. The van der Waals surface area contributed by atoms with Crippen LogP contribution < -0.4 is 32.0 Å². The Hall–Kier alpha value is -7.05. The van der Waals surface area contributed by atoms with E-state index in [1.165, 1.54) is 21.5 Å². The molecule has 79 heavy (non-hydrogen) atoms. The summed E-state index contributed by atoms with van der Waals surface area (Å²) < 4.78 is 55.0. The van der Waals surface area contributed by atoms with Crippen molar-refractivity contribution in [2.75, 3.05) is 27.4 Å². The van der Waals surface area contributed by atoms with Crippen LogP contribution in [0.5, 0.6) is 11.5 Å². The van der Waals surface area contributed by atoms with Crippen molar-refractivity contribution in [2.24, 2.45) is 0 Å². The average molecular weight is 1150 g/mol. The van der Waals surface area contributed by atoms with Gasteiger partial charge in [0.15, 0.2) is 0 Å². The summed E-state index contributed by atoms with van der Waals surface area (Å²) in [5.74, 6) is 1.29. The average Bonchev–Trinajstić information content (AvgIpc) is 4.19. The van der Waals surface area contributed by atoms with Crippen LogP contribution in [0.3, 0.4) is 0 Å². The van der Waals surface area contributed by atoms with Gasteiger partial charge in [-0.15, -0.1) is 0 Å². The first-order valence-corrected chi connectivity index (χ1v) is 29.4. The van der Waals surface area contributed by atoms with E-state index < -0.39 is 76.8 Å². The molecule has 0 unspecified atom stereocenters. The van der Waals surface area contributed by atoms with Crippen molar-refractivity contribution in [2.45, 2.75) is 74.8 Å². The van der Waals surface area contributed by atoms with Crippen LogP contribution in [-0.4, -0.2) is 90.9 Å². The number of rotatable bonds is 20. The summed E-state index contributed by atoms with van der Waals surface area (Å²) in [5, 5.41) is 0. The van der Waals surface area contributed by atoms with Crippen molar-refractivity contribution < 1.29 is 42.4 Å². The molecule has 6 aromatic carbocycles. The number of benzene rings is 6. The summed E-state index contributed by atoms with van der Waals surface area (Å²) in [6, 6.07) is 54.2. The Morgan fingerprint density at radius 1 is 0.544 bits per heavy atom. The first-order chi connectivity index (χ1) is 38.2. The Labute approximate surface area is 462 Å². The van der Waals surface area contributed by atoms with Gasteiger partial charge >= 0.3 is 451 Å². The molecule has 0 aliphatic carbocycles. The van der Waals surface area contributed by atoms with E-state index >= 15 is 0 Å². The fraction of sp³-hybridized carbons (Fsp3) is 0.267. The number of nitrogens with one attached hydrogen (secondary N) is 2. The van der Waals surface area contributed by atoms with E-state index in [0.29, 0.717) is 17.1 Å². The number of nitrogens with zero attached hydrogens (tertiary/aromatic N) is 2. The Morgan fingerprint density at radius 3 is 1.33 bits per heavy atom. The van der Waals surface area contributed by atoms with Gasteiger partial charge in [-0.1, -0.05) is 0 Å². The molecular weight excluding hydrogens is 1090 g/mol. The fourth-order valence-electron chi connectivity index (χ4n) is 10.5. The van der Waals surface area contributed by atoms with E-state index in [1.54, 1.807) is 28.1 Å². The van der Waals surface area contributed by atoms with Gasteiger partial charge in [0.25, 0.3) is 0 Å². The van der Waals surface area contributed by atoms with Crippen LogP contribution in [0.2, 0.25) is 0 Å². The molecular formula is C60H59N4O13PSe. The number of hydrogen-bond donors (Lipinski definition) is 3. The molecule has 19 heteroatoms. The van der Waals surface area contributed by atoms with Crippen LogP contribution in [0, 0.1) is 13.8 Å². The van der Waals surface area contributed by atoms with Gasteiger partial charge in [-0.05, 0) is 0 Å². The maximum atomic E-state index is 13.5. The number of hydrogen-bond acceptors (Lipinski definition) is 13. The second-order valence-electron chi connectivity index (χ2n) is 19.3. The monoisotopic (exact) mass is 1150 g/mol. The van der Waals surface area contributed by atoms with E-state index in [9.17, 15) is 24.1 Å². The van der Waals surface area contributed by atoms with E-state index in [1.807, 2.05) is 170 Å². The molecule has 0 spiro atoms. The molecule has 17 nitrogen and oxygen atoms in total.